The first-order chi connectivity index (χ1) is 11.0. The summed E-state index contributed by atoms with van der Waals surface area (Å²) in [5, 5.41) is 10.3. The second-order valence-electron chi connectivity index (χ2n) is 5.41. The summed E-state index contributed by atoms with van der Waals surface area (Å²) in [6.07, 6.45) is 0. The first-order valence-electron chi connectivity index (χ1n) is 7.24. The molecule has 0 aliphatic carbocycles. The Morgan fingerprint density at radius 3 is 2.57 bits per heavy atom. The van der Waals surface area contributed by atoms with Crippen molar-refractivity contribution >= 4 is 29.0 Å². The van der Waals surface area contributed by atoms with E-state index in [4.69, 9.17) is 0 Å². The van der Waals surface area contributed by atoms with Gasteiger partial charge in [0.25, 0.3) is 5.91 Å². The topological polar surface area (TPSA) is 70.2 Å². The summed E-state index contributed by atoms with van der Waals surface area (Å²) in [6.45, 7) is 3.73. The number of amides is 3. The Bertz CT molecular complexity index is 764. The molecule has 5 nitrogen and oxygen atoms in total. The van der Waals surface area contributed by atoms with Crippen molar-refractivity contribution < 1.29 is 9.59 Å². The van der Waals surface area contributed by atoms with Crippen molar-refractivity contribution in [2.75, 3.05) is 5.32 Å². The summed E-state index contributed by atoms with van der Waals surface area (Å²) in [5.74, 6) is -0.225. The average molecular weight is 327 g/mol. The number of anilines is 1. The Morgan fingerprint density at radius 1 is 1.17 bits per heavy atom. The summed E-state index contributed by atoms with van der Waals surface area (Å²) >= 11 is 1.51. The van der Waals surface area contributed by atoms with Gasteiger partial charge < -0.3 is 16.0 Å². The zero-order valence-corrected chi connectivity index (χ0v) is 13.7. The molecule has 1 atom stereocenters. The van der Waals surface area contributed by atoms with Crippen LogP contribution in [0.2, 0.25) is 0 Å². The van der Waals surface area contributed by atoms with Crippen LogP contribution in [-0.2, 0) is 4.79 Å². The summed E-state index contributed by atoms with van der Waals surface area (Å²) in [7, 11) is 0. The zero-order valence-electron chi connectivity index (χ0n) is 12.8. The standard InChI is InChI=1S/C17H17N3O2S/c1-10-5-7-12(8-6-10)19-16(21)14-11(2)18-17(22)20-15(14)13-4-3-9-23-13/h3-9,15H,1-2H3,(H,19,21)(H2,18,20,22)/t15-/m0/s1. The first kappa shape index (κ1) is 15.3. The van der Waals surface area contributed by atoms with Crippen LogP contribution in [0.1, 0.15) is 23.4 Å². The maximum Gasteiger partial charge on any atom is 0.319 e. The molecule has 0 radical (unpaired) electrons. The predicted octanol–water partition coefficient (Wildman–Crippen LogP) is 3.32. The molecule has 118 valence electrons. The minimum atomic E-state index is -0.436. The van der Waals surface area contributed by atoms with Crippen molar-refractivity contribution in [2.45, 2.75) is 19.9 Å². The van der Waals surface area contributed by atoms with Gasteiger partial charge in [-0.1, -0.05) is 23.8 Å². The Hall–Kier alpha value is -2.60. The fourth-order valence-corrected chi connectivity index (χ4v) is 3.28. The third kappa shape index (κ3) is 3.27. The normalized spacial score (nSPS) is 17.5. The van der Waals surface area contributed by atoms with Crippen LogP contribution in [0.15, 0.2) is 53.0 Å². The molecule has 2 heterocycles. The highest BCUT2D eigenvalue weighted by molar-refractivity contribution is 7.10. The molecule has 3 amide bonds. The number of rotatable bonds is 3. The predicted molar refractivity (Wildman–Crippen MR) is 91.2 cm³/mol. The summed E-state index contributed by atoms with van der Waals surface area (Å²) in [5.41, 5.74) is 2.94. The maximum absolute atomic E-state index is 12.7. The first-order valence-corrected chi connectivity index (χ1v) is 8.12. The van der Waals surface area contributed by atoms with Gasteiger partial charge in [-0.15, -0.1) is 11.3 Å². The van der Waals surface area contributed by atoms with Crippen molar-refractivity contribution in [3.63, 3.8) is 0 Å². The van der Waals surface area contributed by atoms with Crippen LogP contribution in [-0.4, -0.2) is 11.9 Å². The Balaban J connectivity index is 1.90. The van der Waals surface area contributed by atoms with Crippen molar-refractivity contribution in [1.82, 2.24) is 10.6 Å². The van der Waals surface area contributed by atoms with Crippen LogP contribution in [0.5, 0.6) is 0 Å². The molecule has 1 aliphatic rings. The monoisotopic (exact) mass is 327 g/mol. The highest BCUT2D eigenvalue weighted by Crippen LogP contribution is 2.30. The molecule has 1 aromatic heterocycles. The minimum absolute atomic E-state index is 0.225. The fraction of sp³-hybridized carbons (Fsp3) is 0.176. The molecule has 6 heteroatoms. The van der Waals surface area contributed by atoms with Gasteiger partial charge in [-0.3, -0.25) is 4.79 Å². The van der Waals surface area contributed by atoms with Crippen molar-refractivity contribution in [2.24, 2.45) is 0 Å². The molecule has 2 aromatic rings. The van der Waals surface area contributed by atoms with Crippen LogP contribution >= 0.6 is 11.3 Å². The van der Waals surface area contributed by atoms with Crippen molar-refractivity contribution in [3.05, 3.63) is 63.5 Å². The van der Waals surface area contributed by atoms with Gasteiger partial charge >= 0.3 is 6.03 Å². The number of thiophene rings is 1. The van der Waals surface area contributed by atoms with E-state index in [2.05, 4.69) is 16.0 Å². The van der Waals surface area contributed by atoms with E-state index in [0.717, 1.165) is 16.1 Å². The molecule has 1 aliphatic heterocycles. The molecule has 0 bridgehead atoms. The highest BCUT2D eigenvalue weighted by Gasteiger charge is 2.31. The van der Waals surface area contributed by atoms with Crippen LogP contribution < -0.4 is 16.0 Å². The Kier molecular flexibility index (Phi) is 4.16. The molecule has 3 rings (SSSR count). The van der Waals surface area contributed by atoms with E-state index >= 15 is 0 Å². The third-order valence-electron chi connectivity index (χ3n) is 3.65. The number of hydrogen-bond acceptors (Lipinski definition) is 3. The molecule has 0 unspecified atom stereocenters. The van der Waals surface area contributed by atoms with E-state index in [-0.39, 0.29) is 11.9 Å². The van der Waals surface area contributed by atoms with Gasteiger partial charge in [0.15, 0.2) is 0 Å². The number of urea groups is 1. The molecule has 0 fully saturated rings. The number of allylic oxidation sites excluding steroid dienone is 1. The molecular formula is C17H17N3O2S. The lowest BCUT2D eigenvalue weighted by molar-refractivity contribution is -0.113. The smallest absolute Gasteiger partial charge is 0.319 e. The van der Waals surface area contributed by atoms with E-state index in [9.17, 15) is 9.59 Å². The fourth-order valence-electron chi connectivity index (χ4n) is 2.50. The summed E-state index contributed by atoms with van der Waals surface area (Å²) in [4.78, 5) is 25.4. The number of benzene rings is 1. The minimum Gasteiger partial charge on any atom is -0.326 e. The van der Waals surface area contributed by atoms with Crippen LogP contribution in [0, 0.1) is 6.92 Å². The molecule has 1 aromatic carbocycles. The van der Waals surface area contributed by atoms with Crippen molar-refractivity contribution in [3.8, 4) is 0 Å². The maximum atomic E-state index is 12.7. The lowest BCUT2D eigenvalue weighted by Crippen LogP contribution is -2.45. The SMILES string of the molecule is CC1=C(C(=O)Nc2ccc(C)cc2)[C@H](c2cccs2)NC(=O)N1. The van der Waals surface area contributed by atoms with Gasteiger partial charge in [0.2, 0.25) is 0 Å². The Labute approximate surface area is 138 Å². The van der Waals surface area contributed by atoms with E-state index in [1.54, 1.807) is 6.92 Å². The van der Waals surface area contributed by atoms with Crippen LogP contribution in [0.3, 0.4) is 0 Å². The van der Waals surface area contributed by atoms with Crippen molar-refractivity contribution in [1.29, 1.82) is 0 Å². The third-order valence-corrected chi connectivity index (χ3v) is 4.59. The molecule has 0 saturated carbocycles. The lowest BCUT2D eigenvalue weighted by atomic mass is 10.0. The zero-order chi connectivity index (χ0) is 16.4. The molecule has 0 spiro atoms. The second kappa shape index (κ2) is 6.26. The number of aryl methyl sites for hydroxylation is 1. The van der Waals surface area contributed by atoms with Gasteiger partial charge in [0, 0.05) is 16.3 Å². The highest BCUT2D eigenvalue weighted by atomic mass is 32.1. The van der Waals surface area contributed by atoms with E-state index in [1.165, 1.54) is 11.3 Å². The van der Waals surface area contributed by atoms with E-state index in [0.29, 0.717) is 11.3 Å². The summed E-state index contributed by atoms with van der Waals surface area (Å²) < 4.78 is 0. The van der Waals surface area contributed by atoms with Gasteiger partial charge in [-0.05, 0) is 37.4 Å². The van der Waals surface area contributed by atoms with Gasteiger partial charge in [0.05, 0.1) is 11.6 Å². The van der Waals surface area contributed by atoms with E-state index < -0.39 is 6.04 Å². The number of carbonyl (C=O) groups excluding carboxylic acids is 2. The summed E-state index contributed by atoms with van der Waals surface area (Å²) in [6, 6.07) is 10.7. The van der Waals surface area contributed by atoms with Gasteiger partial charge in [-0.2, -0.15) is 0 Å². The molecule has 23 heavy (non-hydrogen) atoms. The van der Waals surface area contributed by atoms with Crippen LogP contribution in [0.25, 0.3) is 0 Å². The molecular weight excluding hydrogens is 310 g/mol. The van der Waals surface area contributed by atoms with Crippen LogP contribution in [0.4, 0.5) is 10.5 Å². The quantitative estimate of drug-likeness (QED) is 0.809. The second-order valence-corrected chi connectivity index (χ2v) is 6.38. The number of hydrogen-bond donors (Lipinski definition) is 3. The molecule has 0 saturated heterocycles. The average Bonchev–Trinajstić information content (AvgIpc) is 3.03. The Morgan fingerprint density at radius 2 is 1.91 bits per heavy atom. The molecule has 3 N–H and O–H groups in total. The van der Waals surface area contributed by atoms with Gasteiger partial charge in [0.1, 0.15) is 0 Å². The largest absolute Gasteiger partial charge is 0.326 e. The van der Waals surface area contributed by atoms with Gasteiger partial charge in [-0.25, -0.2) is 4.79 Å². The number of carbonyl (C=O) groups is 2. The van der Waals surface area contributed by atoms with E-state index in [1.807, 2.05) is 48.7 Å². The lowest BCUT2D eigenvalue weighted by Gasteiger charge is -2.27. The number of nitrogens with one attached hydrogen (secondary N) is 3.